The van der Waals surface area contributed by atoms with Crippen LogP contribution >= 0.6 is 11.8 Å². The minimum Gasteiger partial charge on any atom is -0.462 e. The average Bonchev–Trinajstić information content (AvgIpc) is 2.43. The van der Waals surface area contributed by atoms with Crippen LogP contribution in [0.1, 0.15) is 28.4 Å². The maximum absolute atomic E-state index is 11.5. The van der Waals surface area contributed by atoms with Crippen molar-refractivity contribution in [1.82, 2.24) is 4.98 Å². The minimum atomic E-state index is -0.330. The van der Waals surface area contributed by atoms with Gasteiger partial charge < -0.3 is 4.74 Å². The molecule has 0 amide bonds. The van der Waals surface area contributed by atoms with Crippen molar-refractivity contribution in [2.24, 2.45) is 0 Å². The van der Waals surface area contributed by atoms with E-state index in [4.69, 9.17) is 4.74 Å². The second-order valence-corrected chi connectivity index (χ2v) is 5.54. The number of ether oxygens (including phenoxy) is 1. The van der Waals surface area contributed by atoms with Crippen LogP contribution in [-0.4, -0.2) is 17.6 Å². The van der Waals surface area contributed by atoms with Crippen LogP contribution in [0.15, 0.2) is 46.5 Å². The molecule has 0 N–H and O–H groups in total. The molecule has 0 atom stereocenters. The quantitative estimate of drug-likeness (QED) is 0.796. The standard InChI is InChI=1S/C16H17NO2S/c1-4-19-16(18)13-6-8-15(17-10-13)20-14-7-5-11(2)9-12(14)3/h5-10H,4H2,1-3H3. The first kappa shape index (κ1) is 14.6. The lowest BCUT2D eigenvalue weighted by atomic mass is 10.2. The lowest BCUT2D eigenvalue weighted by Gasteiger charge is -2.06. The van der Waals surface area contributed by atoms with Crippen LogP contribution in [0.3, 0.4) is 0 Å². The molecule has 0 aliphatic rings. The van der Waals surface area contributed by atoms with Crippen molar-refractivity contribution in [2.45, 2.75) is 30.7 Å². The van der Waals surface area contributed by atoms with E-state index in [1.54, 1.807) is 30.9 Å². The molecule has 1 heterocycles. The van der Waals surface area contributed by atoms with Gasteiger partial charge in [0.15, 0.2) is 0 Å². The highest BCUT2D eigenvalue weighted by Crippen LogP contribution is 2.29. The fraction of sp³-hybridized carbons (Fsp3) is 0.250. The van der Waals surface area contributed by atoms with Gasteiger partial charge in [-0.1, -0.05) is 29.5 Å². The lowest BCUT2D eigenvalue weighted by Crippen LogP contribution is -2.04. The number of nitrogens with zero attached hydrogens (tertiary/aromatic N) is 1. The zero-order valence-corrected chi connectivity index (χ0v) is 12.7. The van der Waals surface area contributed by atoms with Crippen molar-refractivity contribution in [3.8, 4) is 0 Å². The van der Waals surface area contributed by atoms with E-state index in [2.05, 4.69) is 37.0 Å². The van der Waals surface area contributed by atoms with Crippen LogP contribution in [0.4, 0.5) is 0 Å². The second kappa shape index (κ2) is 6.57. The van der Waals surface area contributed by atoms with Crippen molar-refractivity contribution >= 4 is 17.7 Å². The maximum atomic E-state index is 11.5. The molecule has 104 valence electrons. The Morgan fingerprint density at radius 2 is 2.05 bits per heavy atom. The number of aromatic nitrogens is 1. The van der Waals surface area contributed by atoms with Gasteiger partial charge >= 0.3 is 5.97 Å². The number of aryl methyl sites for hydroxylation is 2. The van der Waals surface area contributed by atoms with Gasteiger partial charge in [0, 0.05) is 11.1 Å². The Morgan fingerprint density at radius 1 is 1.25 bits per heavy atom. The predicted octanol–water partition coefficient (Wildman–Crippen LogP) is 4.03. The zero-order valence-electron chi connectivity index (χ0n) is 11.8. The molecule has 2 rings (SSSR count). The molecule has 0 radical (unpaired) electrons. The molecule has 0 aliphatic heterocycles. The Labute approximate surface area is 123 Å². The third-order valence-corrected chi connectivity index (χ3v) is 3.92. The first-order valence-electron chi connectivity index (χ1n) is 6.48. The van der Waals surface area contributed by atoms with Gasteiger partial charge in [-0.05, 0) is 44.5 Å². The molecule has 0 saturated carbocycles. The van der Waals surface area contributed by atoms with E-state index in [1.165, 1.54) is 16.0 Å². The number of hydrogen-bond donors (Lipinski definition) is 0. The van der Waals surface area contributed by atoms with Gasteiger partial charge in [-0.2, -0.15) is 0 Å². The summed E-state index contributed by atoms with van der Waals surface area (Å²) in [5, 5.41) is 0.866. The molecule has 1 aromatic heterocycles. The molecule has 20 heavy (non-hydrogen) atoms. The summed E-state index contributed by atoms with van der Waals surface area (Å²) >= 11 is 1.59. The normalized spacial score (nSPS) is 10.3. The number of hydrogen-bond acceptors (Lipinski definition) is 4. The first-order chi connectivity index (χ1) is 9.60. The Hall–Kier alpha value is -1.81. The maximum Gasteiger partial charge on any atom is 0.339 e. The van der Waals surface area contributed by atoms with E-state index >= 15 is 0 Å². The molecule has 0 saturated heterocycles. The molecule has 2 aromatic rings. The molecular weight excluding hydrogens is 270 g/mol. The summed E-state index contributed by atoms with van der Waals surface area (Å²) < 4.78 is 4.93. The Balaban J connectivity index is 2.12. The van der Waals surface area contributed by atoms with Crippen LogP contribution < -0.4 is 0 Å². The lowest BCUT2D eigenvalue weighted by molar-refractivity contribution is 0.0525. The summed E-state index contributed by atoms with van der Waals surface area (Å²) in [7, 11) is 0. The van der Waals surface area contributed by atoms with E-state index in [-0.39, 0.29) is 5.97 Å². The fourth-order valence-corrected chi connectivity index (χ4v) is 2.63. The molecular formula is C16H17NO2S. The summed E-state index contributed by atoms with van der Waals surface area (Å²) in [4.78, 5) is 17.0. The number of pyridine rings is 1. The summed E-state index contributed by atoms with van der Waals surface area (Å²) in [6, 6.07) is 9.92. The van der Waals surface area contributed by atoms with Crippen LogP contribution in [-0.2, 0) is 4.74 Å². The first-order valence-corrected chi connectivity index (χ1v) is 7.30. The van der Waals surface area contributed by atoms with Gasteiger partial charge in [0.05, 0.1) is 12.2 Å². The van der Waals surface area contributed by atoms with E-state index in [9.17, 15) is 4.79 Å². The zero-order chi connectivity index (χ0) is 14.5. The number of carbonyl (C=O) groups is 1. The molecule has 4 heteroatoms. The number of carbonyl (C=O) groups excluding carboxylic acids is 1. The molecule has 3 nitrogen and oxygen atoms in total. The number of benzene rings is 1. The monoisotopic (exact) mass is 287 g/mol. The van der Waals surface area contributed by atoms with Crippen LogP contribution in [0, 0.1) is 13.8 Å². The molecule has 1 aromatic carbocycles. The van der Waals surface area contributed by atoms with Crippen LogP contribution in [0.2, 0.25) is 0 Å². The van der Waals surface area contributed by atoms with Gasteiger partial charge in [-0.15, -0.1) is 0 Å². The van der Waals surface area contributed by atoms with Gasteiger partial charge in [0.2, 0.25) is 0 Å². The highest BCUT2D eigenvalue weighted by Gasteiger charge is 2.08. The summed E-state index contributed by atoms with van der Waals surface area (Å²) in [5.41, 5.74) is 2.96. The Bertz CT molecular complexity index is 608. The average molecular weight is 287 g/mol. The van der Waals surface area contributed by atoms with Crippen molar-refractivity contribution in [3.63, 3.8) is 0 Å². The van der Waals surface area contributed by atoms with Gasteiger partial charge in [-0.25, -0.2) is 9.78 Å². The smallest absolute Gasteiger partial charge is 0.339 e. The third-order valence-electron chi connectivity index (χ3n) is 2.79. The molecule has 0 unspecified atom stereocenters. The van der Waals surface area contributed by atoms with Crippen molar-refractivity contribution in [2.75, 3.05) is 6.61 Å². The van der Waals surface area contributed by atoms with Crippen LogP contribution in [0.5, 0.6) is 0 Å². The van der Waals surface area contributed by atoms with Gasteiger partial charge in [0.1, 0.15) is 5.03 Å². The SMILES string of the molecule is CCOC(=O)c1ccc(Sc2ccc(C)cc2C)nc1. The second-order valence-electron chi connectivity index (χ2n) is 4.48. The molecule has 0 fully saturated rings. The Kier molecular flexibility index (Phi) is 4.79. The molecule has 0 aliphatic carbocycles. The van der Waals surface area contributed by atoms with Crippen molar-refractivity contribution in [1.29, 1.82) is 0 Å². The highest BCUT2D eigenvalue weighted by molar-refractivity contribution is 7.99. The van der Waals surface area contributed by atoms with E-state index < -0.39 is 0 Å². The highest BCUT2D eigenvalue weighted by atomic mass is 32.2. The topological polar surface area (TPSA) is 39.2 Å². The number of esters is 1. The fourth-order valence-electron chi connectivity index (χ4n) is 1.80. The van der Waals surface area contributed by atoms with Gasteiger partial charge in [0.25, 0.3) is 0 Å². The number of rotatable bonds is 4. The summed E-state index contributed by atoms with van der Waals surface area (Å²) in [5.74, 6) is -0.330. The summed E-state index contributed by atoms with van der Waals surface area (Å²) in [6.07, 6.45) is 1.56. The van der Waals surface area contributed by atoms with E-state index in [1.807, 2.05) is 6.07 Å². The van der Waals surface area contributed by atoms with E-state index in [0.717, 1.165) is 5.03 Å². The summed E-state index contributed by atoms with van der Waals surface area (Å²) in [6.45, 7) is 6.32. The van der Waals surface area contributed by atoms with Crippen LogP contribution in [0.25, 0.3) is 0 Å². The minimum absolute atomic E-state index is 0.330. The van der Waals surface area contributed by atoms with Gasteiger partial charge in [-0.3, -0.25) is 0 Å². The van der Waals surface area contributed by atoms with Crippen molar-refractivity contribution in [3.05, 3.63) is 53.2 Å². The molecule has 0 spiro atoms. The Morgan fingerprint density at radius 3 is 2.65 bits per heavy atom. The van der Waals surface area contributed by atoms with E-state index in [0.29, 0.717) is 12.2 Å². The molecule has 0 bridgehead atoms. The van der Waals surface area contributed by atoms with Crippen molar-refractivity contribution < 1.29 is 9.53 Å². The third kappa shape index (κ3) is 3.61. The largest absolute Gasteiger partial charge is 0.462 e. The predicted molar refractivity (Wildman–Crippen MR) is 80.2 cm³/mol.